The summed E-state index contributed by atoms with van der Waals surface area (Å²) in [4.78, 5) is 11.5. The van der Waals surface area contributed by atoms with E-state index < -0.39 is 0 Å². The van der Waals surface area contributed by atoms with Gasteiger partial charge in [0, 0.05) is 12.6 Å². The maximum Gasteiger partial charge on any atom is 0.419 e. The molecule has 4 heteroatoms. The van der Waals surface area contributed by atoms with Crippen LogP contribution in [0.5, 0.6) is 0 Å². The van der Waals surface area contributed by atoms with Crippen LogP contribution in [0.15, 0.2) is 27.4 Å². The average molecular weight is 220 g/mol. The standard InChI is InChI=1S/C12H16N2O2/c1-3-9(13)8-5-6-10-11(7-8)16-12(15)14(10)4-2/h5-7,9H,3-4,13H2,1-2H3/t9-/m1/s1. The lowest BCUT2D eigenvalue weighted by Gasteiger charge is -2.08. The third-order valence-corrected chi connectivity index (χ3v) is 2.88. The maximum atomic E-state index is 11.5. The number of rotatable bonds is 3. The number of aromatic nitrogens is 1. The molecule has 86 valence electrons. The largest absolute Gasteiger partial charge is 0.419 e. The molecule has 1 heterocycles. The Kier molecular flexibility index (Phi) is 2.83. The van der Waals surface area contributed by atoms with Crippen molar-refractivity contribution in [3.05, 3.63) is 34.3 Å². The molecular formula is C12H16N2O2. The monoisotopic (exact) mass is 220 g/mol. The number of hydrogen-bond acceptors (Lipinski definition) is 3. The van der Waals surface area contributed by atoms with Crippen molar-refractivity contribution >= 4 is 11.1 Å². The van der Waals surface area contributed by atoms with Gasteiger partial charge in [0.05, 0.1) is 5.52 Å². The van der Waals surface area contributed by atoms with Crippen LogP contribution < -0.4 is 11.5 Å². The van der Waals surface area contributed by atoms with Crippen molar-refractivity contribution in [2.45, 2.75) is 32.9 Å². The highest BCUT2D eigenvalue weighted by molar-refractivity contribution is 5.73. The highest BCUT2D eigenvalue weighted by atomic mass is 16.4. The van der Waals surface area contributed by atoms with Gasteiger partial charge in [-0.25, -0.2) is 4.79 Å². The third-order valence-electron chi connectivity index (χ3n) is 2.88. The van der Waals surface area contributed by atoms with Crippen molar-refractivity contribution in [1.29, 1.82) is 0 Å². The molecule has 0 bridgehead atoms. The normalized spacial score (nSPS) is 13.2. The second kappa shape index (κ2) is 4.14. The minimum atomic E-state index is -0.306. The van der Waals surface area contributed by atoms with Crippen LogP contribution in [0.2, 0.25) is 0 Å². The van der Waals surface area contributed by atoms with Crippen molar-refractivity contribution in [3.8, 4) is 0 Å². The molecule has 0 radical (unpaired) electrons. The molecule has 0 unspecified atom stereocenters. The molecule has 1 aromatic heterocycles. The maximum absolute atomic E-state index is 11.5. The second-order valence-corrected chi connectivity index (χ2v) is 3.85. The molecular weight excluding hydrogens is 204 g/mol. The molecule has 0 aliphatic carbocycles. The summed E-state index contributed by atoms with van der Waals surface area (Å²) < 4.78 is 6.78. The van der Waals surface area contributed by atoms with Gasteiger partial charge in [0.25, 0.3) is 0 Å². The number of benzene rings is 1. The lowest BCUT2D eigenvalue weighted by Crippen LogP contribution is -2.12. The van der Waals surface area contributed by atoms with E-state index in [9.17, 15) is 4.79 Å². The zero-order valence-corrected chi connectivity index (χ0v) is 9.56. The van der Waals surface area contributed by atoms with Gasteiger partial charge in [-0.05, 0) is 31.0 Å². The fraction of sp³-hybridized carbons (Fsp3) is 0.417. The van der Waals surface area contributed by atoms with Gasteiger partial charge in [0.2, 0.25) is 0 Å². The van der Waals surface area contributed by atoms with Crippen molar-refractivity contribution in [1.82, 2.24) is 4.57 Å². The molecule has 16 heavy (non-hydrogen) atoms. The van der Waals surface area contributed by atoms with E-state index in [1.165, 1.54) is 0 Å². The Bertz CT molecular complexity index is 554. The number of oxazole rings is 1. The molecule has 4 nitrogen and oxygen atoms in total. The first-order chi connectivity index (χ1) is 7.67. The summed E-state index contributed by atoms with van der Waals surface area (Å²) in [7, 11) is 0. The Balaban J connectivity index is 2.60. The molecule has 1 aromatic carbocycles. The Hall–Kier alpha value is -1.55. The smallest absolute Gasteiger partial charge is 0.408 e. The topological polar surface area (TPSA) is 61.2 Å². The summed E-state index contributed by atoms with van der Waals surface area (Å²) in [5.41, 5.74) is 8.39. The summed E-state index contributed by atoms with van der Waals surface area (Å²) in [6, 6.07) is 5.71. The van der Waals surface area contributed by atoms with Crippen LogP contribution in [0.4, 0.5) is 0 Å². The van der Waals surface area contributed by atoms with Gasteiger partial charge in [-0.2, -0.15) is 0 Å². The fourth-order valence-corrected chi connectivity index (χ4v) is 1.85. The molecule has 0 amide bonds. The first-order valence-electron chi connectivity index (χ1n) is 5.56. The van der Waals surface area contributed by atoms with Crippen molar-refractivity contribution in [3.63, 3.8) is 0 Å². The summed E-state index contributed by atoms with van der Waals surface area (Å²) in [6.45, 7) is 4.56. The number of nitrogens with two attached hydrogens (primary N) is 1. The lowest BCUT2D eigenvalue weighted by molar-refractivity contribution is 0.512. The minimum absolute atomic E-state index is 0.000298. The van der Waals surface area contributed by atoms with Gasteiger partial charge in [0.1, 0.15) is 0 Å². The molecule has 0 fully saturated rings. The predicted octanol–water partition coefficient (Wildman–Crippen LogP) is 2.02. The minimum Gasteiger partial charge on any atom is -0.408 e. The molecule has 1 atom stereocenters. The van der Waals surface area contributed by atoms with E-state index in [4.69, 9.17) is 10.2 Å². The highest BCUT2D eigenvalue weighted by Crippen LogP contribution is 2.20. The summed E-state index contributed by atoms with van der Waals surface area (Å²) >= 11 is 0. The predicted molar refractivity (Wildman–Crippen MR) is 63.4 cm³/mol. The van der Waals surface area contributed by atoms with Crippen molar-refractivity contribution in [2.75, 3.05) is 0 Å². The van der Waals surface area contributed by atoms with Crippen LogP contribution in [0.1, 0.15) is 31.9 Å². The first kappa shape index (κ1) is 11.0. The number of hydrogen-bond donors (Lipinski definition) is 1. The molecule has 2 rings (SSSR count). The molecule has 0 saturated carbocycles. The van der Waals surface area contributed by atoms with E-state index in [1.807, 2.05) is 32.0 Å². The first-order valence-corrected chi connectivity index (χ1v) is 5.56. The Morgan fingerprint density at radius 3 is 2.81 bits per heavy atom. The molecule has 2 N–H and O–H groups in total. The number of fused-ring (bicyclic) bond motifs is 1. The summed E-state index contributed by atoms with van der Waals surface area (Å²) in [5.74, 6) is -0.306. The van der Waals surface area contributed by atoms with E-state index >= 15 is 0 Å². The van der Waals surface area contributed by atoms with Gasteiger partial charge in [-0.15, -0.1) is 0 Å². The SMILES string of the molecule is CC[C@@H](N)c1ccc2c(c1)oc(=O)n2CC. The van der Waals surface area contributed by atoms with Crippen LogP contribution in [-0.4, -0.2) is 4.57 Å². The third kappa shape index (κ3) is 1.65. The average Bonchev–Trinajstić information content (AvgIpc) is 2.62. The second-order valence-electron chi connectivity index (χ2n) is 3.85. The Morgan fingerprint density at radius 2 is 2.19 bits per heavy atom. The van der Waals surface area contributed by atoms with Crippen molar-refractivity contribution in [2.24, 2.45) is 5.73 Å². The number of aryl methyl sites for hydroxylation is 1. The van der Waals surface area contributed by atoms with E-state index in [0.717, 1.165) is 17.5 Å². The van der Waals surface area contributed by atoms with Gasteiger partial charge in [0.15, 0.2) is 5.58 Å². The van der Waals surface area contributed by atoms with Crippen molar-refractivity contribution < 1.29 is 4.42 Å². The van der Waals surface area contributed by atoms with Crippen LogP contribution in [0, 0.1) is 0 Å². The van der Waals surface area contributed by atoms with E-state index in [2.05, 4.69) is 0 Å². The van der Waals surface area contributed by atoms with Gasteiger partial charge in [-0.1, -0.05) is 13.0 Å². The number of nitrogens with zero attached hydrogens (tertiary/aromatic N) is 1. The van der Waals surface area contributed by atoms with Gasteiger partial charge in [-0.3, -0.25) is 4.57 Å². The summed E-state index contributed by atoms with van der Waals surface area (Å²) in [5, 5.41) is 0. The molecule has 0 aliphatic heterocycles. The highest BCUT2D eigenvalue weighted by Gasteiger charge is 2.10. The molecule has 0 aliphatic rings. The lowest BCUT2D eigenvalue weighted by atomic mass is 10.1. The fourth-order valence-electron chi connectivity index (χ4n) is 1.85. The van der Waals surface area contributed by atoms with Crippen LogP contribution >= 0.6 is 0 Å². The van der Waals surface area contributed by atoms with E-state index in [0.29, 0.717) is 12.1 Å². The molecule has 0 spiro atoms. The molecule has 2 aromatic rings. The Morgan fingerprint density at radius 1 is 1.44 bits per heavy atom. The van der Waals surface area contributed by atoms with E-state index in [1.54, 1.807) is 4.57 Å². The van der Waals surface area contributed by atoms with E-state index in [-0.39, 0.29) is 11.8 Å². The zero-order valence-electron chi connectivity index (χ0n) is 9.56. The Labute approximate surface area is 93.7 Å². The van der Waals surface area contributed by atoms with Gasteiger partial charge < -0.3 is 10.2 Å². The van der Waals surface area contributed by atoms with Crippen LogP contribution in [-0.2, 0) is 6.54 Å². The molecule has 0 saturated heterocycles. The van der Waals surface area contributed by atoms with Crippen LogP contribution in [0.25, 0.3) is 11.1 Å². The zero-order chi connectivity index (χ0) is 11.7. The van der Waals surface area contributed by atoms with Crippen LogP contribution in [0.3, 0.4) is 0 Å². The summed E-state index contributed by atoms with van der Waals surface area (Å²) in [6.07, 6.45) is 0.865. The van der Waals surface area contributed by atoms with Gasteiger partial charge >= 0.3 is 5.76 Å². The quantitative estimate of drug-likeness (QED) is 0.860.